The van der Waals surface area contributed by atoms with E-state index in [0.29, 0.717) is 30.9 Å². The van der Waals surface area contributed by atoms with Crippen LogP contribution in [0.1, 0.15) is 72.3 Å². The highest BCUT2D eigenvalue weighted by Crippen LogP contribution is 2.34. The fourth-order valence-electron chi connectivity index (χ4n) is 7.30. The van der Waals surface area contributed by atoms with Crippen LogP contribution in [0.15, 0.2) is 91.0 Å². The molecule has 3 fully saturated rings. The molecular weight excluding hydrogens is 538 g/mol. The number of carbonyl (C=O) groups excluding carboxylic acids is 4. The first-order valence-electron chi connectivity index (χ1n) is 15.6. The van der Waals surface area contributed by atoms with Crippen molar-refractivity contribution in [1.29, 1.82) is 0 Å². The van der Waals surface area contributed by atoms with Gasteiger partial charge in [-0.25, -0.2) is 0 Å². The number of benzene rings is 3. The SMILES string of the molecule is O=C(N[C@@H](CC1CCCCC1)C(=O)N1CCC2[C@H]1C(=O)CN2C(=O)c1ccccc1)C(c1ccccc1)c1ccccc1. The van der Waals surface area contributed by atoms with Gasteiger partial charge in [0.05, 0.1) is 18.5 Å². The average molecular weight is 578 g/mol. The summed E-state index contributed by atoms with van der Waals surface area (Å²) in [7, 11) is 0. The van der Waals surface area contributed by atoms with Gasteiger partial charge < -0.3 is 15.1 Å². The molecule has 0 spiro atoms. The summed E-state index contributed by atoms with van der Waals surface area (Å²) < 4.78 is 0. The number of rotatable bonds is 8. The van der Waals surface area contributed by atoms with Crippen LogP contribution < -0.4 is 5.32 Å². The molecule has 1 saturated carbocycles. The van der Waals surface area contributed by atoms with Crippen LogP contribution >= 0.6 is 0 Å². The maximum atomic E-state index is 14.3. The van der Waals surface area contributed by atoms with E-state index in [9.17, 15) is 19.2 Å². The molecular formula is C36H39N3O4. The summed E-state index contributed by atoms with van der Waals surface area (Å²) in [5.41, 5.74) is 2.26. The van der Waals surface area contributed by atoms with Crippen LogP contribution in [0.2, 0.25) is 0 Å². The van der Waals surface area contributed by atoms with E-state index in [4.69, 9.17) is 0 Å². The second-order valence-electron chi connectivity index (χ2n) is 12.2. The lowest BCUT2D eigenvalue weighted by Crippen LogP contribution is -2.53. The van der Waals surface area contributed by atoms with Crippen LogP contribution in [-0.4, -0.2) is 64.5 Å². The predicted molar refractivity (Wildman–Crippen MR) is 164 cm³/mol. The maximum Gasteiger partial charge on any atom is 0.254 e. The molecule has 43 heavy (non-hydrogen) atoms. The van der Waals surface area contributed by atoms with Crippen molar-refractivity contribution in [3.8, 4) is 0 Å². The molecule has 1 unspecified atom stereocenters. The molecule has 3 aliphatic rings. The standard InChI is InChI=1S/C36H39N3O4/c40-31-24-39(35(42)28-19-11-4-12-20-28)30-21-22-38(33(30)31)36(43)29(23-25-13-5-1-6-14-25)37-34(41)32(26-15-7-2-8-16-26)27-17-9-3-10-18-27/h2-4,7-12,15-20,25,29-30,32-33H,1,5-6,13-14,21-24H2,(H,37,41)/t29-,30?,33-/m0/s1. The van der Waals surface area contributed by atoms with Crippen molar-refractivity contribution < 1.29 is 19.2 Å². The number of ketones is 1. The lowest BCUT2D eigenvalue weighted by molar-refractivity contribution is -0.140. The lowest BCUT2D eigenvalue weighted by Gasteiger charge is -2.32. The van der Waals surface area contributed by atoms with Crippen molar-refractivity contribution in [1.82, 2.24) is 15.1 Å². The molecule has 3 aromatic rings. The van der Waals surface area contributed by atoms with Crippen molar-refractivity contribution >= 4 is 23.5 Å². The van der Waals surface area contributed by atoms with E-state index < -0.39 is 18.0 Å². The fraction of sp³-hybridized carbons (Fsp3) is 0.389. The van der Waals surface area contributed by atoms with Gasteiger partial charge in [-0.2, -0.15) is 0 Å². The lowest BCUT2D eigenvalue weighted by atomic mass is 9.84. The minimum Gasteiger partial charge on any atom is -0.343 e. The molecule has 2 saturated heterocycles. The van der Waals surface area contributed by atoms with E-state index in [1.807, 2.05) is 78.9 Å². The van der Waals surface area contributed by atoms with E-state index in [2.05, 4.69) is 5.32 Å². The van der Waals surface area contributed by atoms with Crippen molar-refractivity contribution in [3.05, 3.63) is 108 Å². The highest BCUT2D eigenvalue weighted by Gasteiger charge is 2.52. The van der Waals surface area contributed by atoms with Crippen molar-refractivity contribution in [2.75, 3.05) is 13.1 Å². The largest absolute Gasteiger partial charge is 0.343 e. The Morgan fingerprint density at radius 3 is 1.93 bits per heavy atom. The molecule has 7 nitrogen and oxygen atoms in total. The van der Waals surface area contributed by atoms with Gasteiger partial charge in [0.1, 0.15) is 12.1 Å². The number of amides is 3. The first-order chi connectivity index (χ1) is 21.0. The number of nitrogens with one attached hydrogen (secondary N) is 1. The summed E-state index contributed by atoms with van der Waals surface area (Å²) in [4.78, 5) is 58.4. The topological polar surface area (TPSA) is 86.8 Å². The Balaban J connectivity index is 1.25. The van der Waals surface area contributed by atoms with Crippen LogP contribution in [0.4, 0.5) is 0 Å². The zero-order chi connectivity index (χ0) is 29.8. The summed E-state index contributed by atoms with van der Waals surface area (Å²) in [6, 6.07) is 26.5. The van der Waals surface area contributed by atoms with Crippen molar-refractivity contribution in [3.63, 3.8) is 0 Å². The van der Waals surface area contributed by atoms with E-state index in [1.165, 1.54) is 6.42 Å². The van der Waals surface area contributed by atoms with Gasteiger partial charge in [-0.15, -0.1) is 0 Å². The van der Waals surface area contributed by atoms with Crippen LogP contribution in [0, 0.1) is 5.92 Å². The Morgan fingerprint density at radius 1 is 0.744 bits per heavy atom. The van der Waals surface area contributed by atoms with Crippen LogP contribution in [0.25, 0.3) is 0 Å². The quantitative estimate of drug-likeness (QED) is 0.410. The Kier molecular flexibility index (Phi) is 8.68. The van der Waals surface area contributed by atoms with Crippen molar-refractivity contribution in [2.24, 2.45) is 5.92 Å². The summed E-state index contributed by atoms with van der Waals surface area (Å²) >= 11 is 0. The Morgan fingerprint density at radius 2 is 1.33 bits per heavy atom. The number of hydrogen-bond acceptors (Lipinski definition) is 4. The number of hydrogen-bond donors (Lipinski definition) is 1. The van der Waals surface area contributed by atoms with Gasteiger partial charge in [0.2, 0.25) is 11.8 Å². The monoisotopic (exact) mass is 577 g/mol. The van der Waals surface area contributed by atoms with Crippen molar-refractivity contribution in [2.45, 2.75) is 69.0 Å². The molecule has 0 radical (unpaired) electrons. The van der Waals surface area contributed by atoms with Gasteiger partial charge >= 0.3 is 0 Å². The summed E-state index contributed by atoms with van der Waals surface area (Å²) in [5.74, 6) is -0.966. The van der Waals surface area contributed by atoms with E-state index in [-0.39, 0.29) is 36.1 Å². The van der Waals surface area contributed by atoms with Crippen LogP contribution in [0.3, 0.4) is 0 Å². The molecule has 0 bridgehead atoms. The van der Waals surface area contributed by atoms with Gasteiger partial charge in [-0.05, 0) is 42.0 Å². The second kappa shape index (κ2) is 12.9. The normalized spacial score (nSPS) is 21.1. The molecule has 0 aromatic heterocycles. The van der Waals surface area contributed by atoms with Gasteiger partial charge in [0.25, 0.3) is 5.91 Å². The number of nitrogens with zero attached hydrogens (tertiary/aromatic N) is 2. The highest BCUT2D eigenvalue weighted by atomic mass is 16.2. The second-order valence-corrected chi connectivity index (χ2v) is 12.2. The third-order valence-electron chi connectivity index (χ3n) is 9.42. The van der Waals surface area contributed by atoms with Crippen LogP contribution in [-0.2, 0) is 14.4 Å². The van der Waals surface area contributed by atoms with Gasteiger partial charge in [0, 0.05) is 12.1 Å². The van der Waals surface area contributed by atoms with Crippen LogP contribution in [0.5, 0.6) is 0 Å². The molecule has 2 aliphatic heterocycles. The Hall–Kier alpha value is -4.26. The smallest absolute Gasteiger partial charge is 0.254 e. The van der Waals surface area contributed by atoms with E-state index in [0.717, 1.165) is 36.8 Å². The summed E-state index contributed by atoms with van der Waals surface area (Å²) in [5, 5.41) is 3.17. The van der Waals surface area contributed by atoms with Gasteiger partial charge in [0.15, 0.2) is 5.78 Å². The molecule has 3 atom stereocenters. The summed E-state index contributed by atoms with van der Waals surface area (Å²) in [6.07, 6.45) is 6.60. The fourth-order valence-corrected chi connectivity index (χ4v) is 7.30. The molecule has 6 rings (SSSR count). The third kappa shape index (κ3) is 6.12. The minimum absolute atomic E-state index is 0.00339. The first-order valence-corrected chi connectivity index (χ1v) is 15.6. The molecule has 7 heteroatoms. The molecule has 1 N–H and O–H groups in total. The Labute approximate surface area is 253 Å². The average Bonchev–Trinajstić information content (AvgIpc) is 3.63. The number of likely N-dealkylation sites (tertiary alicyclic amines) is 2. The molecule has 3 aromatic carbocycles. The minimum atomic E-state index is -0.740. The summed E-state index contributed by atoms with van der Waals surface area (Å²) in [6.45, 7) is 0.382. The van der Waals surface area contributed by atoms with E-state index in [1.54, 1.807) is 21.9 Å². The highest BCUT2D eigenvalue weighted by molar-refractivity contribution is 6.03. The molecule has 222 valence electrons. The zero-order valence-corrected chi connectivity index (χ0v) is 24.4. The predicted octanol–water partition coefficient (Wildman–Crippen LogP) is 4.97. The molecule has 1 aliphatic carbocycles. The molecule has 3 amide bonds. The van der Waals surface area contributed by atoms with Gasteiger partial charge in [-0.3, -0.25) is 19.2 Å². The Bertz CT molecular complexity index is 1400. The third-order valence-corrected chi connectivity index (χ3v) is 9.42. The number of Topliss-reactive ketones (excluding diaryl/α,β-unsaturated/α-hetero) is 1. The number of fused-ring (bicyclic) bond motifs is 1. The van der Waals surface area contributed by atoms with E-state index >= 15 is 0 Å². The number of carbonyl (C=O) groups is 4. The zero-order valence-electron chi connectivity index (χ0n) is 24.4. The molecule has 2 heterocycles. The van der Waals surface area contributed by atoms with Gasteiger partial charge in [-0.1, -0.05) is 111 Å². The maximum absolute atomic E-state index is 14.3. The first kappa shape index (κ1) is 28.8.